The van der Waals surface area contributed by atoms with Crippen LogP contribution in [0.1, 0.15) is 30.7 Å². The molecule has 1 N–H and O–H groups in total. The molecule has 7 nitrogen and oxygen atoms in total. The molecular weight excluding hydrogens is 388 g/mol. The van der Waals surface area contributed by atoms with Gasteiger partial charge in [0.2, 0.25) is 0 Å². The molecule has 3 heterocycles. The molecule has 4 rings (SSSR count). The van der Waals surface area contributed by atoms with Gasteiger partial charge in [0, 0.05) is 26.4 Å². The van der Waals surface area contributed by atoms with Crippen molar-refractivity contribution < 1.29 is 9.90 Å². The first-order valence-corrected chi connectivity index (χ1v) is 10.7. The van der Waals surface area contributed by atoms with Crippen molar-refractivity contribution >= 4 is 32.6 Å². The van der Waals surface area contributed by atoms with E-state index in [9.17, 15) is 14.7 Å². The number of ketones is 1. The molecule has 1 fully saturated rings. The van der Waals surface area contributed by atoms with Crippen LogP contribution in [0.15, 0.2) is 35.1 Å². The second-order valence-electron chi connectivity index (χ2n) is 7.32. The second-order valence-corrected chi connectivity index (χ2v) is 8.28. The van der Waals surface area contributed by atoms with Crippen LogP contribution in [0.3, 0.4) is 0 Å². The number of thiazole rings is 1. The number of aromatic nitrogens is 3. The van der Waals surface area contributed by atoms with Crippen LogP contribution in [0, 0.1) is 0 Å². The summed E-state index contributed by atoms with van der Waals surface area (Å²) in [6, 6.07) is 9.83. The van der Waals surface area contributed by atoms with E-state index < -0.39 is 0 Å². The largest absolute Gasteiger partial charge is 0.396 e. The number of hydrogen-bond donors (Lipinski definition) is 1. The van der Waals surface area contributed by atoms with E-state index in [1.165, 1.54) is 15.9 Å². The molecule has 152 valence electrons. The van der Waals surface area contributed by atoms with Crippen molar-refractivity contribution in [1.29, 1.82) is 0 Å². The number of rotatable bonds is 7. The number of Topliss-reactive ketones (excluding diaryl/α,β-unsaturated/α-hetero) is 1. The average Bonchev–Trinajstić information content (AvgIpc) is 3.38. The predicted octanol–water partition coefficient (Wildman–Crippen LogP) is 2.10. The molecule has 0 bridgehead atoms. The molecule has 0 saturated carbocycles. The lowest BCUT2D eigenvalue weighted by Crippen LogP contribution is -2.36. The normalized spacial score (nSPS) is 16.6. The topological polar surface area (TPSA) is 88.3 Å². The highest BCUT2D eigenvalue weighted by Crippen LogP contribution is 2.32. The molecule has 0 aliphatic carbocycles. The van der Waals surface area contributed by atoms with Crippen molar-refractivity contribution in [1.82, 2.24) is 14.5 Å². The molecule has 8 heteroatoms. The lowest BCUT2D eigenvalue weighted by atomic mass is 10.0. The van der Waals surface area contributed by atoms with Crippen LogP contribution in [-0.4, -0.2) is 44.6 Å². The standard InChI is InChI=1S/C21H24N4O3S/c1-24-17(11-13-26)22-19-18(20(24)28)23-21(29-19)25-12-5-8-15(25)16(27)10-9-14-6-3-2-4-7-14/h2-4,6-7,15,26H,5,8-13H2,1H3/t15-/m1/s1. The fourth-order valence-electron chi connectivity index (χ4n) is 3.84. The zero-order valence-electron chi connectivity index (χ0n) is 16.4. The van der Waals surface area contributed by atoms with Gasteiger partial charge in [-0.1, -0.05) is 41.7 Å². The molecule has 29 heavy (non-hydrogen) atoms. The van der Waals surface area contributed by atoms with Gasteiger partial charge in [0.1, 0.15) is 5.82 Å². The number of aliphatic hydroxyl groups excluding tert-OH is 1. The molecule has 0 unspecified atom stereocenters. The van der Waals surface area contributed by atoms with E-state index >= 15 is 0 Å². The van der Waals surface area contributed by atoms with Crippen molar-refractivity contribution in [2.24, 2.45) is 7.05 Å². The quantitative estimate of drug-likeness (QED) is 0.639. The summed E-state index contributed by atoms with van der Waals surface area (Å²) >= 11 is 1.35. The Morgan fingerprint density at radius 2 is 2.03 bits per heavy atom. The highest BCUT2D eigenvalue weighted by Gasteiger charge is 2.32. The lowest BCUT2D eigenvalue weighted by Gasteiger charge is -2.22. The number of fused-ring (bicyclic) bond motifs is 1. The highest BCUT2D eigenvalue weighted by molar-refractivity contribution is 7.21. The minimum Gasteiger partial charge on any atom is -0.396 e. The molecular formula is C21H24N4O3S. The molecule has 1 aliphatic rings. The second kappa shape index (κ2) is 8.42. The maximum absolute atomic E-state index is 12.9. The number of benzene rings is 1. The van der Waals surface area contributed by atoms with Gasteiger partial charge < -0.3 is 10.0 Å². The van der Waals surface area contributed by atoms with Crippen molar-refractivity contribution in [3.63, 3.8) is 0 Å². The SMILES string of the molecule is Cn1c(CCO)nc2sc(N3CCC[C@@H]3C(=O)CCc3ccccc3)nc2c1=O. The number of hydrogen-bond acceptors (Lipinski definition) is 7. The smallest absolute Gasteiger partial charge is 0.280 e. The Morgan fingerprint density at radius 3 is 2.79 bits per heavy atom. The number of carbonyl (C=O) groups excluding carboxylic acids is 1. The van der Waals surface area contributed by atoms with Crippen LogP contribution in [0.2, 0.25) is 0 Å². The Labute approximate surface area is 172 Å². The van der Waals surface area contributed by atoms with E-state index in [1.54, 1.807) is 7.05 Å². The molecule has 3 aromatic rings. The number of nitrogens with zero attached hydrogens (tertiary/aromatic N) is 4. The van der Waals surface area contributed by atoms with Crippen LogP contribution in [0.25, 0.3) is 10.3 Å². The maximum atomic E-state index is 12.9. The summed E-state index contributed by atoms with van der Waals surface area (Å²) in [7, 11) is 1.64. The minimum absolute atomic E-state index is 0.0679. The van der Waals surface area contributed by atoms with E-state index in [-0.39, 0.29) is 24.0 Å². The molecule has 1 aromatic carbocycles. The summed E-state index contributed by atoms with van der Waals surface area (Å²) in [5.41, 5.74) is 1.28. The Bertz CT molecular complexity index is 1080. The predicted molar refractivity (Wildman–Crippen MR) is 114 cm³/mol. The zero-order valence-corrected chi connectivity index (χ0v) is 17.2. The zero-order chi connectivity index (χ0) is 20.4. The molecule has 1 atom stereocenters. The van der Waals surface area contributed by atoms with Gasteiger partial charge in [-0.15, -0.1) is 0 Å². The highest BCUT2D eigenvalue weighted by atomic mass is 32.1. The van der Waals surface area contributed by atoms with Gasteiger partial charge in [-0.05, 0) is 24.8 Å². The summed E-state index contributed by atoms with van der Waals surface area (Å²) in [5, 5.41) is 9.88. The van der Waals surface area contributed by atoms with Gasteiger partial charge in [-0.3, -0.25) is 14.2 Å². The summed E-state index contributed by atoms with van der Waals surface area (Å²) in [6.45, 7) is 0.687. The Kier molecular flexibility index (Phi) is 5.73. The fraction of sp³-hybridized carbons (Fsp3) is 0.429. The lowest BCUT2D eigenvalue weighted by molar-refractivity contribution is -0.120. The third kappa shape index (κ3) is 3.95. The first kappa shape index (κ1) is 19.7. The van der Waals surface area contributed by atoms with Crippen molar-refractivity contribution in [2.45, 2.75) is 38.1 Å². The summed E-state index contributed by atoms with van der Waals surface area (Å²) < 4.78 is 1.44. The number of aryl methyl sites for hydroxylation is 1. The monoisotopic (exact) mass is 412 g/mol. The van der Waals surface area contributed by atoms with E-state index in [0.29, 0.717) is 34.1 Å². The van der Waals surface area contributed by atoms with Gasteiger partial charge >= 0.3 is 0 Å². The first-order chi connectivity index (χ1) is 14.1. The third-order valence-corrected chi connectivity index (χ3v) is 6.42. The van der Waals surface area contributed by atoms with Crippen LogP contribution in [0.5, 0.6) is 0 Å². The van der Waals surface area contributed by atoms with Gasteiger partial charge in [-0.2, -0.15) is 0 Å². The molecule has 1 aliphatic heterocycles. The molecule has 0 amide bonds. The minimum atomic E-state index is -0.216. The summed E-state index contributed by atoms with van der Waals surface area (Å²) in [5.74, 6) is 0.754. The van der Waals surface area contributed by atoms with E-state index in [0.717, 1.165) is 31.4 Å². The van der Waals surface area contributed by atoms with Crippen molar-refractivity contribution in [2.75, 3.05) is 18.1 Å². The third-order valence-electron chi connectivity index (χ3n) is 5.43. The van der Waals surface area contributed by atoms with Gasteiger partial charge in [0.05, 0.1) is 12.6 Å². The summed E-state index contributed by atoms with van der Waals surface area (Å²) in [4.78, 5) is 37.2. The van der Waals surface area contributed by atoms with Gasteiger partial charge in [0.25, 0.3) is 5.56 Å². The molecule has 2 aromatic heterocycles. The summed E-state index contributed by atoms with van der Waals surface area (Å²) in [6.07, 6.45) is 3.29. The van der Waals surface area contributed by atoms with Crippen LogP contribution >= 0.6 is 11.3 Å². The Morgan fingerprint density at radius 1 is 1.24 bits per heavy atom. The number of carbonyl (C=O) groups is 1. The van der Waals surface area contributed by atoms with Crippen molar-refractivity contribution in [3.8, 4) is 0 Å². The molecule has 0 spiro atoms. The van der Waals surface area contributed by atoms with Gasteiger partial charge in [-0.25, -0.2) is 9.97 Å². The Hall–Kier alpha value is -2.58. The maximum Gasteiger partial charge on any atom is 0.280 e. The van der Waals surface area contributed by atoms with Crippen LogP contribution in [-0.2, 0) is 24.7 Å². The van der Waals surface area contributed by atoms with Crippen LogP contribution in [0.4, 0.5) is 5.13 Å². The van der Waals surface area contributed by atoms with E-state index in [4.69, 9.17) is 0 Å². The van der Waals surface area contributed by atoms with Crippen LogP contribution < -0.4 is 10.5 Å². The number of anilines is 1. The van der Waals surface area contributed by atoms with Crippen molar-refractivity contribution in [3.05, 3.63) is 52.1 Å². The number of aliphatic hydroxyl groups is 1. The first-order valence-electron chi connectivity index (χ1n) is 9.89. The fourth-order valence-corrected chi connectivity index (χ4v) is 4.87. The average molecular weight is 413 g/mol. The van der Waals surface area contributed by atoms with E-state index in [1.807, 2.05) is 35.2 Å². The van der Waals surface area contributed by atoms with Gasteiger partial charge in [0.15, 0.2) is 21.3 Å². The molecule has 1 saturated heterocycles. The van der Waals surface area contributed by atoms with E-state index in [2.05, 4.69) is 9.97 Å². The Balaban J connectivity index is 1.56. The molecule has 0 radical (unpaired) electrons.